The second-order valence-electron chi connectivity index (χ2n) is 6.28. The second-order valence-corrected chi connectivity index (χ2v) is 12.5. The Kier molecular flexibility index (Phi) is 5.05. The molecule has 0 aliphatic carbocycles. The van der Waals surface area contributed by atoms with Crippen LogP contribution in [-0.4, -0.2) is 9.14 Å². The quantitative estimate of drug-likeness (QED) is 0.295. The fraction of sp³-hybridized carbons (Fsp3) is 0.0909. The Morgan fingerprint density at radius 1 is 0.577 bits per heavy atom. The van der Waals surface area contributed by atoms with Gasteiger partial charge in [0.15, 0.2) is 0 Å². The molecule has 0 saturated heterocycles. The molecule has 0 radical (unpaired) electrons. The standard InChI is InChI=1S/C22H17Br2OP/c23-21-19(16-10-4-1-5-11-16)20(17-12-6-2-7-13-17)22(24)26(21,25)18-14-8-3-9-15-18/h1-15,21-22H/t21-,22-/m1/s1. The Balaban J connectivity index is 1.97. The molecular weight excluding hydrogens is 471 g/mol. The van der Waals surface area contributed by atoms with Gasteiger partial charge in [-0.3, -0.25) is 0 Å². The van der Waals surface area contributed by atoms with E-state index in [0.29, 0.717) is 0 Å². The van der Waals surface area contributed by atoms with Crippen molar-refractivity contribution in [2.45, 2.75) is 9.14 Å². The van der Waals surface area contributed by atoms with Crippen molar-refractivity contribution >= 4 is 55.5 Å². The maximum Gasteiger partial charge on any atom is 0.150 e. The molecule has 0 aromatic heterocycles. The van der Waals surface area contributed by atoms with E-state index in [1.165, 1.54) is 0 Å². The van der Waals surface area contributed by atoms with Crippen molar-refractivity contribution in [3.05, 3.63) is 102 Å². The first-order chi connectivity index (χ1) is 12.6. The van der Waals surface area contributed by atoms with Crippen LogP contribution in [0.3, 0.4) is 0 Å². The van der Waals surface area contributed by atoms with E-state index in [0.717, 1.165) is 27.6 Å². The maximum atomic E-state index is 14.3. The van der Waals surface area contributed by atoms with Crippen molar-refractivity contribution in [1.82, 2.24) is 0 Å². The SMILES string of the molecule is O=P1(c2ccccc2)[C@@H](Br)C(c2ccccc2)=C(c2ccccc2)[C@@H]1Br. The Labute approximate surface area is 170 Å². The highest BCUT2D eigenvalue weighted by molar-refractivity contribution is 9.13. The molecule has 0 spiro atoms. The lowest BCUT2D eigenvalue weighted by molar-refractivity contribution is 0.584. The van der Waals surface area contributed by atoms with Crippen LogP contribution in [0, 0.1) is 0 Å². The average molecular weight is 488 g/mol. The molecule has 1 aliphatic rings. The summed E-state index contributed by atoms with van der Waals surface area (Å²) < 4.78 is 13.8. The first kappa shape index (κ1) is 18.0. The van der Waals surface area contributed by atoms with Gasteiger partial charge >= 0.3 is 0 Å². The van der Waals surface area contributed by atoms with Crippen molar-refractivity contribution in [3.63, 3.8) is 0 Å². The van der Waals surface area contributed by atoms with Crippen molar-refractivity contribution in [2.75, 3.05) is 0 Å². The molecule has 1 heterocycles. The third-order valence-corrected chi connectivity index (χ3v) is 12.3. The summed E-state index contributed by atoms with van der Waals surface area (Å²) in [5.41, 5.74) is 4.41. The lowest BCUT2D eigenvalue weighted by Crippen LogP contribution is -2.15. The molecule has 2 atom stereocenters. The van der Waals surface area contributed by atoms with E-state index in [9.17, 15) is 4.57 Å². The lowest BCUT2D eigenvalue weighted by atomic mass is 9.97. The summed E-state index contributed by atoms with van der Waals surface area (Å²) in [5, 5.41) is 0.892. The summed E-state index contributed by atoms with van der Waals surface area (Å²) in [6.07, 6.45) is 0. The van der Waals surface area contributed by atoms with Crippen LogP contribution in [0.5, 0.6) is 0 Å². The number of hydrogen-bond donors (Lipinski definition) is 0. The first-order valence-corrected chi connectivity index (χ1v) is 12.1. The normalized spacial score (nSPS) is 21.8. The maximum absolute atomic E-state index is 14.3. The molecule has 4 rings (SSSR count). The monoisotopic (exact) mass is 486 g/mol. The van der Waals surface area contributed by atoms with Gasteiger partial charge in [-0.15, -0.1) is 0 Å². The number of allylic oxidation sites excluding steroid dienone is 2. The molecule has 4 heteroatoms. The predicted molar refractivity (Wildman–Crippen MR) is 119 cm³/mol. The topological polar surface area (TPSA) is 17.1 Å². The van der Waals surface area contributed by atoms with Crippen LogP contribution >= 0.6 is 39.0 Å². The van der Waals surface area contributed by atoms with Gasteiger partial charge in [0.25, 0.3) is 0 Å². The van der Waals surface area contributed by atoms with E-state index in [1.807, 2.05) is 66.7 Å². The Morgan fingerprint density at radius 3 is 1.31 bits per heavy atom. The highest BCUT2D eigenvalue weighted by Gasteiger charge is 2.50. The third kappa shape index (κ3) is 2.87. The second kappa shape index (κ2) is 7.31. The van der Waals surface area contributed by atoms with Gasteiger partial charge in [0.1, 0.15) is 7.14 Å². The van der Waals surface area contributed by atoms with Crippen LogP contribution in [0.15, 0.2) is 91.0 Å². The average Bonchev–Trinajstić information content (AvgIpc) is 2.92. The van der Waals surface area contributed by atoms with Crippen LogP contribution in [0.2, 0.25) is 0 Å². The van der Waals surface area contributed by atoms with E-state index in [2.05, 4.69) is 56.1 Å². The molecule has 0 N–H and O–H groups in total. The smallest absolute Gasteiger partial charge is 0.150 e. The number of hydrogen-bond acceptors (Lipinski definition) is 1. The molecule has 3 aromatic carbocycles. The fourth-order valence-corrected chi connectivity index (χ4v) is 11.0. The summed E-state index contributed by atoms with van der Waals surface area (Å²) >= 11 is 7.66. The lowest BCUT2D eigenvalue weighted by Gasteiger charge is -2.22. The minimum absolute atomic E-state index is 0.237. The zero-order chi connectivity index (χ0) is 18.1. The summed E-state index contributed by atoms with van der Waals surface area (Å²) in [6.45, 7) is 0. The minimum atomic E-state index is -2.79. The van der Waals surface area contributed by atoms with Crippen molar-refractivity contribution in [1.29, 1.82) is 0 Å². The largest absolute Gasteiger partial charge is 0.316 e. The van der Waals surface area contributed by atoms with Gasteiger partial charge in [-0.1, -0.05) is 123 Å². The Morgan fingerprint density at radius 2 is 0.923 bits per heavy atom. The van der Waals surface area contributed by atoms with Crippen LogP contribution in [-0.2, 0) is 4.57 Å². The molecule has 0 fully saturated rings. The van der Waals surface area contributed by atoms with Gasteiger partial charge in [0.05, 0.1) is 9.14 Å². The van der Waals surface area contributed by atoms with E-state index < -0.39 is 7.14 Å². The summed E-state index contributed by atoms with van der Waals surface area (Å²) in [7, 11) is -2.79. The zero-order valence-electron chi connectivity index (χ0n) is 13.9. The Bertz CT molecular complexity index is 925. The van der Waals surface area contributed by atoms with E-state index in [1.54, 1.807) is 0 Å². The molecule has 1 aliphatic heterocycles. The number of halogens is 2. The van der Waals surface area contributed by atoms with Crippen molar-refractivity contribution in [3.8, 4) is 0 Å². The molecule has 1 nitrogen and oxygen atoms in total. The highest BCUT2D eigenvalue weighted by Crippen LogP contribution is 2.71. The molecule has 0 saturated carbocycles. The molecule has 26 heavy (non-hydrogen) atoms. The zero-order valence-corrected chi connectivity index (χ0v) is 18.0. The van der Waals surface area contributed by atoms with Crippen LogP contribution in [0.4, 0.5) is 0 Å². The van der Waals surface area contributed by atoms with Gasteiger partial charge in [0, 0.05) is 5.30 Å². The number of benzene rings is 3. The number of alkyl halides is 2. The van der Waals surface area contributed by atoms with E-state index in [-0.39, 0.29) is 9.14 Å². The summed E-state index contributed by atoms with van der Waals surface area (Å²) in [5.74, 6) is 0. The minimum Gasteiger partial charge on any atom is -0.316 e. The van der Waals surface area contributed by atoms with Crippen LogP contribution < -0.4 is 5.30 Å². The van der Waals surface area contributed by atoms with Crippen LogP contribution in [0.1, 0.15) is 11.1 Å². The van der Waals surface area contributed by atoms with Gasteiger partial charge in [-0.05, 0) is 22.3 Å². The van der Waals surface area contributed by atoms with Gasteiger partial charge < -0.3 is 4.57 Å². The molecule has 0 bridgehead atoms. The molecule has 3 aromatic rings. The molecule has 0 unspecified atom stereocenters. The van der Waals surface area contributed by atoms with Crippen LogP contribution in [0.25, 0.3) is 11.1 Å². The highest BCUT2D eigenvalue weighted by atomic mass is 79.9. The van der Waals surface area contributed by atoms with Crippen molar-refractivity contribution < 1.29 is 4.57 Å². The number of rotatable bonds is 3. The Hall–Kier alpha value is -1.41. The summed E-state index contributed by atoms with van der Waals surface area (Å²) in [4.78, 5) is 0. The first-order valence-electron chi connectivity index (χ1n) is 8.42. The third-order valence-electron chi connectivity index (χ3n) is 4.77. The molecular formula is C22H17Br2OP. The summed E-state index contributed by atoms with van der Waals surface area (Å²) in [6, 6.07) is 30.3. The van der Waals surface area contributed by atoms with Gasteiger partial charge in [-0.2, -0.15) is 0 Å². The van der Waals surface area contributed by atoms with E-state index >= 15 is 0 Å². The van der Waals surface area contributed by atoms with Gasteiger partial charge in [0.2, 0.25) is 0 Å². The fourth-order valence-electron chi connectivity index (χ4n) is 3.50. The van der Waals surface area contributed by atoms with Crippen molar-refractivity contribution in [2.24, 2.45) is 0 Å². The van der Waals surface area contributed by atoms with Gasteiger partial charge in [-0.25, -0.2) is 0 Å². The molecule has 0 amide bonds. The van der Waals surface area contributed by atoms with E-state index in [4.69, 9.17) is 0 Å². The molecule has 130 valence electrons. The predicted octanol–water partition coefficient (Wildman–Crippen LogP) is 6.74.